The number of alkyl halides is 1. The van der Waals surface area contributed by atoms with E-state index in [0.29, 0.717) is 0 Å². The Morgan fingerprint density at radius 2 is 2.45 bits per heavy atom. The smallest absolute Gasteiger partial charge is 0.141 e. The fraction of sp³-hybridized carbons (Fsp3) is 0.286. The third kappa shape index (κ3) is 1.49. The Hall–Kier alpha value is -1.50. The van der Waals surface area contributed by atoms with Crippen molar-refractivity contribution in [1.29, 1.82) is 5.26 Å². The largest absolute Gasteiger partial charge is 0.243 e. The number of nitriles is 1. The van der Waals surface area contributed by atoms with E-state index in [0.717, 1.165) is 0 Å². The normalized spacial score (nSPS) is 12.1. The molecule has 0 radical (unpaired) electrons. The molecule has 11 heavy (non-hydrogen) atoms. The molecule has 1 aromatic heterocycles. The summed E-state index contributed by atoms with van der Waals surface area (Å²) < 4.78 is 12.6. The Morgan fingerprint density at radius 3 is 2.91 bits per heavy atom. The minimum absolute atomic E-state index is 0.155. The summed E-state index contributed by atoms with van der Waals surface area (Å²) >= 11 is 0. The van der Waals surface area contributed by atoms with Gasteiger partial charge in [0.25, 0.3) is 0 Å². The van der Waals surface area contributed by atoms with Gasteiger partial charge in [0.15, 0.2) is 0 Å². The van der Waals surface area contributed by atoms with Gasteiger partial charge in [0, 0.05) is 6.20 Å². The number of nitrogens with zero attached hydrogens (tertiary/aromatic N) is 3. The molecular formula is C7H6FN3. The van der Waals surface area contributed by atoms with E-state index in [1.165, 1.54) is 19.4 Å². The minimum Gasteiger partial charge on any atom is -0.243 e. The van der Waals surface area contributed by atoms with Gasteiger partial charge in [-0.1, -0.05) is 0 Å². The van der Waals surface area contributed by atoms with E-state index in [4.69, 9.17) is 5.26 Å². The van der Waals surface area contributed by atoms with Crippen molar-refractivity contribution in [3.05, 3.63) is 23.8 Å². The molecule has 0 aromatic carbocycles. The maximum Gasteiger partial charge on any atom is 0.141 e. The van der Waals surface area contributed by atoms with Crippen LogP contribution in [0.4, 0.5) is 4.39 Å². The van der Waals surface area contributed by atoms with E-state index >= 15 is 0 Å². The third-order valence-electron chi connectivity index (χ3n) is 1.24. The summed E-state index contributed by atoms with van der Waals surface area (Å²) in [6.07, 6.45) is 1.32. The predicted octanol–water partition coefficient (Wildman–Crippen LogP) is 1.38. The molecule has 1 atom stereocenters. The lowest BCUT2D eigenvalue weighted by molar-refractivity contribution is 0.364. The molecule has 0 aliphatic rings. The first-order valence-corrected chi connectivity index (χ1v) is 3.09. The molecule has 1 heterocycles. The standard InChI is InChI=1S/C7H6FN3/c1-5(8)7-6(2-9)3-10-4-11-7/h3-5H,1H3. The Balaban J connectivity index is 3.15. The molecule has 4 heteroatoms. The monoisotopic (exact) mass is 151 g/mol. The van der Waals surface area contributed by atoms with Crippen LogP contribution in [0.3, 0.4) is 0 Å². The second-order valence-corrected chi connectivity index (χ2v) is 2.05. The molecule has 0 saturated heterocycles. The molecule has 0 bridgehead atoms. The predicted molar refractivity (Wildman–Crippen MR) is 36.3 cm³/mol. The fourth-order valence-electron chi connectivity index (χ4n) is 0.742. The van der Waals surface area contributed by atoms with Crippen LogP contribution in [0.2, 0.25) is 0 Å². The van der Waals surface area contributed by atoms with Crippen LogP contribution >= 0.6 is 0 Å². The average Bonchev–Trinajstić information content (AvgIpc) is 2.04. The summed E-state index contributed by atoms with van der Waals surface area (Å²) in [5.41, 5.74) is 0.352. The van der Waals surface area contributed by atoms with Gasteiger partial charge in [-0.05, 0) is 6.92 Å². The zero-order chi connectivity index (χ0) is 8.27. The lowest BCUT2D eigenvalue weighted by atomic mass is 10.2. The van der Waals surface area contributed by atoms with Gasteiger partial charge in [0.1, 0.15) is 18.6 Å². The van der Waals surface area contributed by atoms with Crippen LogP contribution in [0.15, 0.2) is 12.5 Å². The van der Waals surface area contributed by atoms with Crippen LogP contribution in [-0.4, -0.2) is 9.97 Å². The van der Waals surface area contributed by atoms with E-state index < -0.39 is 6.17 Å². The van der Waals surface area contributed by atoms with Crippen LogP contribution in [0.5, 0.6) is 0 Å². The Bertz CT molecular complexity index is 290. The van der Waals surface area contributed by atoms with Gasteiger partial charge in [-0.2, -0.15) is 5.26 Å². The Kier molecular flexibility index (Phi) is 2.12. The lowest BCUT2D eigenvalue weighted by Crippen LogP contribution is -1.96. The van der Waals surface area contributed by atoms with Gasteiger partial charge in [0.05, 0.1) is 11.3 Å². The average molecular weight is 151 g/mol. The highest BCUT2D eigenvalue weighted by Gasteiger charge is 2.09. The van der Waals surface area contributed by atoms with Gasteiger partial charge in [-0.25, -0.2) is 14.4 Å². The van der Waals surface area contributed by atoms with Crippen LogP contribution < -0.4 is 0 Å². The van der Waals surface area contributed by atoms with Crippen molar-refractivity contribution in [1.82, 2.24) is 9.97 Å². The topological polar surface area (TPSA) is 49.6 Å². The molecule has 0 aliphatic carbocycles. The first kappa shape index (κ1) is 7.61. The maximum atomic E-state index is 12.6. The van der Waals surface area contributed by atoms with Gasteiger partial charge in [0.2, 0.25) is 0 Å². The van der Waals surface area contributed by atoms with Crippen molar-refractivity contribution >= 4 is 0 Å². The number of aromatic nitrogens is 2. The van der Waals surface area contributed by atoms with Gasteiger partial charge < -0.3 is 0 Å². The van der Waals surface area contributed by atoms with Crippen molar-refractivity contribution in [3.8, 4) is 6.07 Å². The Morgan fingerprint density at radius 1 is 1.73 bits per heavy atom. The molecule has 0 spiro atoms. The third-order valence-corrected chi connectivity index (χ3v) is 1.24. The minimum atomic E-state index is -1.22. The second kappa shape index (κ2) is 3.06. The van der Waals surface area contributed by atoms with E-state index in [1.807, 2.05) is 6.07 Å². The zero-order valence-corrected chi connectivity index (χ0v) is 5.95. The molecular weight excluding hydrogens is 145 g/mol. The zero-order valence-electron chi connectivity index (χ0n) is 5.95. The summed E-state index contributed by atoms with van der Waals surface area (Å²) in [5.74, 6) is 0. The summed E-state index contributed by atoms with van der Waals surface area (Å²) in [6, 6.07) is 1.81. The molecule has 0 saturated carbocycles. The van der Waals surface area contributed by atoms with Crippen molar-refractivity contribution < 1.29 is 4.39 Å². The van der Waals surface area contributed by atoms with Crippen molar-refractivity contribution in [3.63, 3.8) is 0 Å². The fourth-order valence-corrected chi connectivity index (χ4v) is 0.742. The molecule has 0 aliphatic heterocycles. The molecule has 56 valence electrons. The van der Waals surface area contributed by atoms with Crippen molar-refractivity contribution in [2.75, 3.05) is 0 Å². The molecule has 1 aromatic rings. The summed E-state index contributed by atoms with van der Waals surface area (Å²) in [6.45, 7) is 1.34. The van der Waals surface area contributed by atoms with Gasteiger partial charge in [-0.3, -0.25) is 0 Å². The van der Waals surface area contributed by atoms with E-state index in [2.05, 4.69) is 9.97 Å². The first-order valence-electron chi connectivity index (χ1n) is 3.09. The van der Waals surface area contributed by atoms with Crippen molar-refractivity contribution in [2.45, 2.75) is 13.1 Å². The number of halogens is 1. The van der Waals surface area contributed by atoms with Gasteiger partial charge >= 0.3 is 0 Å². The number of rotatable bonds is 1. The van der Waals surface area contributed by atoms with E-state index in [1.54, 1.807) is 0 Å². The number of hydrogen-bond acceptors (Lipinski definition) is 3. The highest BCUT2D eigenvalue weighted by molar-refractivity contribution is 5.30. The first-order chi connectivity index (χ1) is 5.25. The quantitative estimate of drug-likeness (QED) is 0.609. The molecule has 1 rings (SSSR count). The van der Waals surface area contributed by atoms with Crippen LogP contribution in [0.1, 0.15) is 24.4 Å². The van der Waals surface area contributed by atoms with E-state index in [-0.39, 0.29) is 11.3 Å². The summed E-state index contributed by atoms with van der Waals surface area (Å²) in [4.78, 5) is 7.24. The highest BCUT2D eigenvalue weighted by atomic mass is 19.1. The molecule has 0 fully saturated rings. The van der Waals surface area contributed by atoms with Crippen LogP contribution in [0.25, 0.3) is 0 Å². The highest BCUT2D eigenvalue weighted by Crippen LogP contribution is 2.15. The van der Waals surface area contributed by atoms with Crippen LogP contribution in [0, 0.1) is 11.3 Å². The SMILES string of the molecule is CC(F)c1ncncc1C#N. The molecule has 1 unspecified atom stereocenters. The lowest BCUT2D eigenvalue weighted by Gasteiger charge is -2.00. The molecule has 0 N–H and O–H groups in total. The summed E-state index contributed by atoms with van der Waals surface area (Å²) in [7, 11) is 0. The second-order valence-electron chi connectivity index (χ2n) is 2.05. The van der Waals surface area contributed by atoms with Crippen LogP contribution in [-0.2, 0) is 0 Å². The van der Waals surface area contributed by atoms with E-state index in [9.17, 15) is 4.39 Å². The van der Waals surface area contributed by atoms with Gasteiger partial charge in [-0.15, -0.1) is 0 Å². The molecule has 0 amide bonds. The molecule has 3 nitrogen and oxygen atoms in total. The number of hydrogen-bond donors (Lipinski definition) is 0. The van der Waals surface area contributed by atoms with Crippen molar-refractivity contribution in [2.24, 2.45) is 0 Å². The Labute approximate surface area is 63.5 Å². The summed E-state index contributed by atoms with van der Waals surface area (Å²) in [5, 5.41) is 8.47. The maximum absolute atomic E-state index is 12.6.